The molecule has 23 heavy (non-hydrogen) atoms. The van der Waals surface area contributed by atoms with Crippen LogP contribution >= 0.6 is 12.4 Å². The summed E-state index contributed by atoms with van der Waals surface area (Å²) >= 11 is 0. The Bertz CT molecular complexity index is 555. The Kier molecular flexibility index (Phi) is 7.03. The van der Waals surface area contributed by atoms with Gasteiger partial charge in [-0.25, -0.2) is 0 Å². The highest BCUT2D eigenvalue weighted by Crippen LogP contribution is 2.22. The van der Waals surface area contributed by atoms with Crippen LogP contribution in [0.4, 0.5) is 11.4 Å². The van der Waals surface area contributed by atoms with Crippen LogP contribution in [0.25, 0.3) is 0 Å². The number of benzene rings is 1. The SMILES string of the molecule is CC(C)C(=O)Nc1cccc(NC(=O)C2(C)CCCCN2)c1.Cl. The van der Waals surface area contributed by atoms with Gasteiger partial charge in [0.2, 0.25) is 11.8 Å². The largest absolute Gasteiger partial charge is 0.326 e. The summed E-state index contributed by atoms with van der Waals surface area (Å²) in [4.78, 5) is 24.2. The fourth-order valence-corrected chi connectivity index (χ4v) is 2.48. The second-order valence-corrected chi connectivity index (χ2v) is 6.39. The average Bonchev–Trinajstić information content (AvgIpc) is 2.48. The average molecular weight is 340 g/mol. The normalized spacial score (nSPS) is 20.5. The molecule has 0 spiro atoms. The highest BCUT2D eigenvalue weighted by molar-refractivity contribution is 5.99. The molecule has 5 nitrogen and oxygen atoms in total. The van der Waals surface area contributed by atoms with Crippen LogP contribution in [0, 0.1) is 5.92 Å². The summed E-state index contributed by atoms with van der Waals surface area (Å²) in [7, 11) is 0. The molecule has 0 saturated carbocycles. The summed E-state index contributed by atoms with van der Waals surface area (Å²) in [6.07, 6.45) is 3.00. The van der Waals surface area contributed by atoms with E-state index in [0.29, 0.717) is 11.4 Å². The van der Waals surface area contributed by atoms with Crippen LogP contribution in [0.1, 0.15) is 40.0 Å². The summed E-state index contributed by atoms with van der Waals surface area (Å²) in [6, 6.07) is 7.25. The highest BCUT2D eigenvalue weighted by atomic mass is 35.5. The van der Waals surface area contributed by atoms with Gasteiger partial charge in [0.25, 0.3) is 0 Å². The van der Waals surface area contributed by atoms with E-state index in [0.717, 1.165) is 25.8 Å². The molecule has 2 rings (SSSR count). The maximum absolute atomic E-state index is 12.5. The molecule has 0 bridgehead atoms. The zero-order valence-electron chi connectivity index (χ0n) is 13.9. The Morgan fingerprint density at radius 2 is 1.83 bits per heavy atom. The lowest BCUT2D eigenvalue weighted by atomic mass is 9.90. The molecule has 3 N–H and O–H groups in total. The number of rotatable bonds is 4. The van der Waals surface area contributed by atoms with Gasteiger partial charge in [0, 0.05) is 17.3 Å². The lowest BCUT2D eigenvalue weighted by molar-refractivity contribution is -0.122. The Labute approximate surface area is 144 Å². The zero-order chi connectivity index (χ0) is 16.2. The van der Waals surface area contributed by atoms with Crippen LogP contribution in [0.2, 0.25) is 0 Å². The number of carbonyl (C=O) groups excluding carboxylic acids is 2. The van der Waals surface area contributed by atoms with Crippen LogP contribution in [0.3, 0.4) is 0 Å². The molecule has 6 heteroatoms. The van der Waals surface area contributed by atoms with Gasteiger partial charge in [0.15, 0.2) is 0 Å². The van der Waals surface area contributed by atoms with Crippen molar-refractivity contribution in [1.29, 1.82) is 0 Å². The number of carbonyl (C=O) groups is 2. The van der Waals surface area contributed by atoms with Crippen molar-refractivity contribution in [3.8, 4) is 0 Å². The first-order valence-electron chi connectivity index (χ1n) is 7.88. The number of halogens is 1. The summed E-state index contributed by atoms with van der Waals surface area (Å²) in [5.74, 6) is -0.146. The minimum atomic E-state index is -0.518. The van der Waals surface area contributed by atoms with Crippen molar-refractivity contribution in [2.45, 2.75) is 45.6 Å². The lowest BCUT2D eigenvalue weighted by Gasteiger charge is -2.33. The van der Waals surface area contributed by atoms with Gasteiger partial charge >= 0.3 is 0 Å². The molecule has 1 aliphatic rings. The monoisotopic (exact) mass is 339 g/mol. The molecular formula is C17H26ClN3O2. The molecule has 1 aromatic rings. The molecule has 0 aromatic heterocycles. The maximum atomic E-state index is 12.5. The number of hydrogen-bond acceptors (Lipinski definition) is 3. The third-order valence-corrected chi connectivity index (χ3v) is 4.03. The summed E-state index contributed by atoms with van der Waals surface area (Å²) in [5.41, 5.74) is 0.869. The zero-order valence-corrected chi connectivity index (χ0v) is 14.8. The van der Waals surface area contributed by atoms with Crippen molar-refractivity contribution in [2.75, 3.05) is 17.2 Å². The van der Waals surface area contributed by atoms with E-state index in [1.807, 2.05) is 39.0 Å². The summed E-state index contributed by atoms with van der Waals surface area (Å²) < 4.78 is 0. The molecule has 1 fully saturated rings. The third kappa shape index (κ3) is 5.22. The number of nitrogens with one attached hydrogen (secondary N) is 3. The van der Waals surface area contributed by atoms with Crippen molar-refractivity contribution in [3.63, 3.8) is 0 Å². The van der Waals surface area contributed by atoms with Gasteiger partial charge < -0.3 is 16.0 Å². The fraction of sp³-hybridized carbons (Fsp3) is 0.529. The van der Waals surface area contributed by atoms with E-state index in [9.17, 15) is 9.59 Å². The molecule has 1 heterocycles. The standard InChI is InChI=1S/C17H25N3O2.ClH/c1-12(2)15(21)19-13-7-6-8-14(11-13)20-16(22)17(3)9-4-5-10-18-17;/h6-8,11-12,18H,4-5,9-10H2,1-3H3,(H,19,21)(H,20,22);1H. The van der Waals surface area contributed by atoms with Gasteiger partial charge in [0.05, 0.1) is 5.54 Å². The molecule has 128 valence electrons. The molecule has 1 aromatic carbocycles. The minimum absolute atomic E-state index is 0. The summed E-state index contributed by atoms with van der Waals surface area (Å²) in [5, 5.41) is 9.08. The summed E-state index contributed by atoms with van der Waals surface area (Å²) in [6.45, 7) is 6.49. The Balaban J connectivity index is 0.00000264. The maximum Gasteiger partial charge on any atom is 0.244 e. The predicted octanol–water partition coefficient (Wildman–Crippen LogP) is 3.17. The number of anilines is 2. The van der Waals surface area contributed by atoms with Crippen LogP contribution < -0.4 is 16.0 Å². The fourth-order valence-electron chi connectivity index (χ4n) is 2.48. The van der Waals surface area contributed by atoms with Crippen LogP contribution in [-0.4, -0.2) is 23.9 Å². The second kappa shape index (κ2) is 8.31. The van der Waals surface area contributed by atoms with Gasteiger partial charge in [-0.2, -0.15) is 0 Å². The molecular weight excluding hydrogens is 314 g/mol. The highest BCUT2D eigenvalue weighted by Gasteiger charge is 2.34. The van der Waals surface area contributed by atoms with Crippen LogP contribution in [0.15, 0.2) is 24.3 Å². The second-order valence-electron chi connectivity index (χ2n) is 6.39. The van der Waals surface area contributed by atoms with Gasteiger partial charge in [-0.05, 0) is 50.9 Å². The van der Waals surface area contributed by atoms with E-state index in [1.54, 1.807) is 6.07 Å². The first-order valence-corrected chi connectivity index (χ1v) is 7.88. The Morgan fingerprint density at radius 1 is 1.17 bits per heavy atom. The van der Waals surface area contributed by atoms with E-state index < -0.39 is 5.54 Å². The van der Waals surface area contributed by atoms with Crippen molar-refractivity contribution in [1.82, 2.24) is 5.32 Å². The first kappa shape index (κ1) is 19.5. The minimum Gasteiger partial charge on any atom is -0.326 e. The van der Waals surface area contributed by atoms with E-state index in [-0.39, 0.29) is 30.1 Å². The molecule has 2 amide bonds. The van der Waals surface area contributed by atoms with Crippen molar-refractivity contribution in [2.24, 2.45) is 5.92 Å². The predicted molar refractivity (Wildman–Crippen MR) is 96.0 cm³/mol. The van der Waals surface area contributed by atoms with Gasteiger partial charge in [-0.3, -0.25) is 9.59 Å². The van der Waals surface area contributed by atoms with Crippen molar-refractivity contribution < 1.29 is 9.59 Å². The molecule has 1 unspecified atom stereocenters. The number of piperidine rings is 1. The van der Waals surface area contributed by atoms with Crippen molar-refractivity contribution >= 4 is 35.6 Å². The molecule has 0 aliphatic carbocycles. The van der Waals surface area contributed by atoms with Crippen molar-refractivity contribution in [3.05, 3.63) is 24.3 Å². The molecule has 1 saturated heterocycles. The van der Waals surface area contributed by atoms with E-state index in [1.165, 1.54) is 0 Å². The van der Waals surface area contributed by atoms with E-state index in [2.05, 4.69) is 16.0 Å². The Hall–Kier alpha value is -1.59. The molecule has 1 aliphatic heterocycles. The third-order valence-electron chi connectivity index (χ3n) is 4.03. The van der Waals surface area contributed by atoms with Gasteiger partial charge in [-0.15, -0.1) is 12.4 Å². The number of amides is 2. The lowest BCUT2D eigenvalue weighted by Crippen LogP contribution is -2.54. The van der Waals surface area contributed by atoms with Gasteiger partial charge in [0.1, 0.15) is 0 Å². The number of hydrogen-bond donors (Lipinski definition) is 3. The van der Waals surface area contributed by atoms with Crippen LogP contribution in [-0.2, 0) is 9.59 Å². The smallest absolute Gasteiger partial charge is 0.244 e. The molecule has 0 radical (unpaired) electrons. The van der Waals surface area contributed by atoms with Gasteiger partial charge in [-0.1, -0.05) is 19.9 Å². The van der Waals surface area contributed by atoms with Crippen LogP contribution in [0.5, 0.6) is 0 Å². The first-order chi connectivity index (χ1) is 10.4. The van der Waals surface area contributed by atoms with E-state index in [4.69, 9.17) is 0 Å². The topological polar surface area (TPSA) is 70.2 Å². The quantitative estimate of drug-likeness (QED) is 0.789. The Morgan fingerprint density at radius 3 is 2.39 bits per heavy atom. The molecule has 1 atom stereocenters. The van der Waals surface area contributed by atoms with E-state index >= 15 is 0 Å².